The molecule has 0 aliphatic rings. The molecule has 19 heavy (non-hydrogen) atoms. The molecule has 1 N–H and O–H groups in total. The van der Waals surface area contributed by atoms with Gasteiger partial charge in [0.1, 0.15) is 12.1 Å². The molecule has 1 heterocycles. The van der Waals surface area contributed by atoms with E-state index in [1.54, 1.807) is 6.33 Å². The molecular formula is C15H27N3O. The zero-order valence-corrected chi connectivity index (χ0v) is 13.0. The lowest BCUT2D eigenvalue weighted by molar-refractivity contribution is 0.183. The summed E-state index contributed by atoms with van der Waals surface area (Å²) in [5, 5.41) is 3.28. The summed E-state index contributed by atoms with van der Waals surface area (Å²) < 4.78 is 6.01. The molecule has 108 valence electrons. The number of ether oxygens (including phenoxy) is 1. The maximum atomic E-state index is 6.01. The van der Waals surface area contributed by atoms with E-state index < -0.39 is 0 Å². The molecule has 0 spiro atoms. The average molecular weight is 265 g/mol. The molecule has 0 aliphatic heterocycles. The highest BCUT2D eigenvalue weighted by molar-refractivity contribution is 5.50. The third-order valence-corrected chi connectivity index (χ3v) is 2.89. The lowest BCUT2D eigenvalue weighted by Crippen LogP contribution is -2.17. The fourth-order valence-corrected chi connectivity index (χ4v) is 2.20. The molecule has 0 saturated heterocycles. The van der Waals surface area contributed by atoms with Gasteiger partial charge >= 0.3 is 0 Å². The van der Waals surface area contributed by atoms with Crippen LogP contribution >= 0.6 is 0 Å². The zero-order valence-electron chi connectivity index (χ0n) is 13.0. The Morgan fingerprint density at radius 2 is 1.84 bits per heavy atom. The van der Waals surface area contributed by atoms with Gasteiger partial charge in [-0.3, -0.25) is 0 Å². The van der Waals surface area contributed by atoms with Crippen LogP contribution in [0.1, 0.15) is 59.4 Å². The first-order valence-corrected chi connectivity index (χ1v) is 7.21. The minimum atomic E-state index is 0.168. The number of anilines is 1. The summed E-state index contributed by atoms with van der Waals surface area (Å²) in [6.07, 6.45) is 2.77. The van der Waals surface area contributed by atoms with Crippen LogP contribution < -0.4 is 10.1 Å². The highest BCUT2D eigenvalue weighted by Crippen LogP contribution is 2.30. The maximum Gasteiger partial charge on any atom is 0.222 e. The largest absolute Gasteiger partial charge is 0.474 e. The minimum Gasteiger partial charge on any atom is -0.474 e. The van der Waals surface area contributed by atoms with Crippen LogP contribution in [0.25, 0.3) is 0 Å². The van der Waals surface area contributed by atoms with E-state index in [9.17, 15) is 0 Å². The lowest BCUT2D eigenvalue weighted by atomic mass is 10.0. The van der Waals surface area contributed by atoms with Crippen LogP contribution in [-0.4, -0.2) is 22.6 Å². The van der Waals surface area contributed by atoms with Gasteiger partial charge in [0.15, 0.2) is 0 Å². The topological polar surface area (TPSA) is 47.0 Å². The first-order valence-electron chi connectivity index (χ1n) is 7.21. The lowest BCUT2D eigenvalue weighted by Gasteiger charge is -2.21. The summed E-state index contributed by atoms with van der Waals surface area (Å²) in [6, 6.07) is 0. The summed E-state index contributed by atoms with van der Waals surface area (Å²) in [6.45, 7) is 13.7. The van der Waals surface area contributed by atoms with E-state index in [0.29, 0.717) is 17.7 Å². The molecule has 0 amide bonds. The molecule has 0 aliphatic carbocycles. The summed E-state index contributed by atoms with van der Waals surface area (Å²) in [7, 11) is 0. The first-order chi connectivity index (χ1) is 8.95. The van der Waals surface area contributed by atoms with Crippen molar-refractivity contribution in [3.8, 4) is 5.88 Å². The molecule has 0 aromatic carbocycles. The van der Waals surface area contributed by atoms with E-state index in [-0.39, 0.29) is 6.10 Å². The Balaban J connectivity index is 2.96. The first kappa shape index (κ1) is 15.7. The quantitative estimate of drug-likeness (QED) is 0.813. The highest BCUT2D eigenvalue weighted by atomic mass is 16.5. The SMILES string of the molecule is CCNc1ncnc(OC(C)CC(C)C)c1C(C)C. The minimum absolute atomic E-state index is 0.168. The van der Waals surface area contributed by atoms with Gasteiger partial charge in [0.25, 0.3) is 0 Å². The molecular weight excluding hydrogens is 238 g/mol. The van der Waals surface area contributed by atoms with Gasteiger partial charge in [-0.05, 0) is 32.1 Å². The standard InChI is InChI=1S/C15H27N3O/c1-7-16-14-13(11(4)5)15(18-9-17-14)19-12(6)8-10(2)3/h9-12H,7-8H2,1-6H3,(H,16,17,18). The summed E-state index contributed by atoms with van der Waals surface area (Å²) >= 11 is 0. The molecule has 1 atom stereocenters. The van der Waals surface area contributed by atoms with Gasteiger partial charge in [-0.25, -0.2) is 9.97 Å². The number of hydrogen-bond acceptors (Lipinski definition) is 4. The van der Waals surface area contributed by atoms with Gasteiger partial charge < -0.3 is 10.1 Å². The summed E-state index contributed by atoms with van der Waals surface area (Å²) in [5.74, 6) is 2.55. The van der Waals surface area contributed by atoms with Gasteiger partial charge in [0.05, 0.1) is 11.7 Å². The Kier molecular flexibility index (Phi) is 6.06. The third-order valence-electron chi connectivity index (χ3n) is 2.89. The molecule has 4 heteroatoms. The number of aromatic nitrogens is 2. The van der Waals surface area contributed by atoms with Crippen LogP contribution in [0.2, 0.25) is 0 Å². The van der Waals surface area contributed by atoms with Crippen LogP contribution in [0, 0.1) is 5.92 Å². The van der Waals surface area contributed by atoms with E-state index >= 15 is 0 Å². The zero-order chi connectivity index (χ0) is 14.4. The molecule has 1 unspecified atom stereocenters. The van der Waals surface area contributed by atoms with Crippen LogP contribution in [0.5, 0.6) is 5.88 Å². The van der Waals surface area contributed by atoms with Crippen molar-refractivity contribution in [1.29, 1.82) is 0 Å². The average Bonchev–Trinajstić information content (AvgIpc) is 2.27. The molecule has 0 fully saturated rings. The molecule has 4 nitrogen and oxygen atoms in total. The predicted molar refractivity (Wildman–Crippen MR) is 79.8 cm³/mol. The van der Waals surface area contributed by atoms with Crippen molar-refractivity contribution in [1.82, 2.24) is 9.97 Å². The van der Waals surface area contributed by atoms with Crippen molar-refractivity contribution in [2.75, 3.05) is 11.9 Å². The van der Waals surface area contributed by atoms with Gasteiger partial charge in [-0.15, -0.1) is 0 Å². The molecule has 0 bridgehead atoms. The van der Waals surface area contributed by atoms with Gasteiger partial charge in [0.2, 0.25) is 5.88 Å². The monoisotopic (exact) mass is 265 g/mol. The Bertz CT molecular complexity index is 391. The van der Waals surface area contributed by atoms with Gasteiger partial charge in [-0.1, -0.05) is 27.7 Å². The number of hydrogen-bond donors (Lipinski definition) is 1. The molecule has 1 aromatic rings. The number of nitrogens with zero attached hydrogens (tertiary/aromatic N) is 2. The van der Waals surface area contributed by atoms with Crippen molar-refractivity contribution in [2.45, 2.75) is 60.0 Å². The Morgan fingerprint density at radius 3 is 2.37 bits per heavy atom. The van der Waals surface area contributed by atoms with Crippen LogP contribution in [0.4, 0.5) is 5.82 Å². The van der Waals surface area contributed by atoms with Crippen molar-refractivity contribution >= 4 is 5.82 Å². The summed E-state index contributed by atoms with van der Waals surface area (Å²) in [5.41, 5.74) is 1.07. The Hall–Kier alpha value is -1.32. The molecule has 0 radical (unpaired) electrons. The van der Waals surface area contributed by atoms with E-state index in [0.717, 1.165) is 24.3 Å². The van der Waals surface area contributed by atoms with Gasteiger partial charge in [-0.2, -0.15) is 0 Å². The van der Waals surface area contributed by atoms with Crippen LogP contribution in [0.15, 0.2) is 6.33 Å². The van der Waals surface area contributed by atoms with E-state index in [4.69, 9.17) is 4.74 Å². The smallest absolute Gasteiger partial charge is 0.222 e. The Morgan fingerprint density at radius 1 is 1.16 bits per heavy atom. The van der Waals surface area contributed by atoms with Gasteiger partial charge in [0, 0.05) is 6.54 Å². The third kappa shape index (κ3) is 4.69. The molecule has 1 aromatic heterocycles. The Labute approximate surface area is 117 Å². The molecule has 0 saturated carbocycles. The fourth-order valence-electron chi connectivity index (χ4n) is 2.20. The van der Waals surface area contributed by atoms with Crippen molar-refractivity contribution < 1.29 is 4.74 Å². The van der Waals surface area contributed by atoms with E-state index in [1.807, 2.05) is 0 Å². The van der Waals surface area contributed by atoms with E-state index in [1.165, 1.54) is 0 Å². The van der Waals surface area contributed by atoms with Crippen molar-refractivity contribution in [3.05, 3.63) is 11.9 Å². The highest BCUT2D eigenvalue weighted by Gasteiger charge is 2.18. The second-order valence-corrected chi connectivity index (χ2v) is 5.68. The number of nitrogens with one attached hydrogen (secondary N) is 1. The normalized spacial score (nSPS) is 12.8. The van der Waals surface area contributed by atoms with Crippen LogP contribution in [0.3, 0.4) is 0 Å². The predicted octanol–water partition coefficient (Wildman–Crippen LogP) is 3.85. The fraction of sp³-hybridized carbons (Fsp3) is 0.733. The van der Waals surface area contributed by atoms with Crippen LogP contribution in [-0.2, 0) is 0 Å². The molecule has 1 rings (SSSR count). The maximum absolute atomic E-state index is 6.01. The second kappa shape index (κ2) is 7.31. The number of rotatable bonds is 7. The second-order valence-electron chi connectivity index (χ2n) is 5.68. The summed E-state index contributed by atoms with van der Waals surface area (Å²) in [4.78, 5) is 8.63. The van der Waals surface area contributed by atoms with E-state index in [2.05, 4.69) is 56.8 Å². The van der Waals surface area contributed by atoms with Crippen molar-refractivity contribution in [3.63, 3.8) is 0 Å². The van der Waals surface area contributed by atoms with Crippen molar-refractivity contribution in [2.24, 2.45) is 5.92 Å².